The summed E-state index contributed by atoms with van der Waals surface area (Å²) in [5.41, 5.74) is 1.32. The second-order valence-corrected chi connectivity index (χ2v) is 2.99. The summed E-state index contributed by atoms with van der Waals surface area (Å²) in [4.78, 5) is 3.99. The summed E-state index contributed by atoms with van der Waals surface area (Å²) in [6, 6.07) is 4.58. The molecule has 1 aliphatic rings. The fraction of sp³-hybridized carbons (Fsp3) is 0.444. The first-order valence-corrected chi connectivity index (χ1v) is 4.31. The van der Waals surface area contributed by atoms with Crippen molar-refractivity contribution in [2.45, 2.75) is 6.04 Å². The molecule has 2 heterocycles. The number of aromatic nitrogens is 1. The molecule has 0 radical (unpaired) electrons. The Bertz CT molecular complexity index is 237. The van der Waals surface area contributed by atoms with Gasteiger partial charge in [0.1, 0.15) is 0 Å². The number of halogens is 2. The van der Waals surface area contributed by atoms with Crippen molar-refractivity contribution in [2.75, 3.05) is 19.6 Å². The fourth-order valence-electron chi connectivity index (χ4n) is 1.48. The highest BCUT2D eigenvalue weighted by molar-refractivity contribution is 5.85. The van der Waals surface area contributed by atoms with Crippen LogP contribution >= 0.6 is 24.8 Å². The zero-order valence-electron chi connectivity index (χ0n) is 7.77. The molecule has 1 aromatic heterocycles. The number of hydrogen-bond donors (Lipinski definition) is 2. The Labute approximate surface area is 96.5 Å². The van der Waals surface area contributed by atoms with Gasteiger partial charge in [0.2, 0.25) is 0 Å². The van der Waals surface area contributed by atoms with E-state index in [1.165, 1.54) is 5.56 Å². The Balaban J connectivity index is 0.000000845. The molecule has 80 valence electrons. The lowest BCUT2D eigenvalue weighted by molar-refractivity contribution is 0.430. The van der Waals surface area contributed by atoms with Crippen LogP contribution in [-0.4, -0.2) is 24.6 Å². The van der Waals surface area contributed by atoms with E-state index >= 15 is 0 Å². The van der Waals surface area contributed by atoms with Gasteiger partial charge < -0.3 is 10.6 Å². The van der Waals surface area contributed by atoms with Gasteiger partial charge in [0.05, 0.1) is 0 Å². The van der Waals surface area contributed by atoms with Crippen LogP contribution < -0.4 is 10.6 Å². The number of piperazine rings is 1. The van der Waals surface area contributed by atoms with Crippen molar-refractivity contribution >= 4 is 24.8 Å². The molecule has 1 fully saturated rings. The van der Waals surface area contributed by atoms with Crippen molar-refractivity contribution in [2.24, 2.45) is 0 Å². The molecule has 3 nitrogen and oxygen atoms in total. The molecule has 14 heavy (non-hydrogen) atoms. The van der Waals surface area contributed by atoms with Gasteiger partial charge >= 0.3 is 0 Å². The van der Waals surface area contributed by atoms with Crippen LogP contribution in [0.2, 0.25) is 0 Å². The standard InChI is InChI=1S/C9H13N3.2ClH/c1-3-10-4-2-8(1)9-7-11-5-6-12-9;;/h1-4,9,11-12H,5-7H2;2*1H. The summed E-state index contributed by atoms with van der Waals surface area (Å²) in [5, 5.41) is 6.80. The maximum atomic E-state index is 3.99. The van der Waals surface area contributed by atoms with E-state index < -0.39 is 0 Å². The van der Waals surface area contributed by atoms with Gasteiger partial charge in [-0.05, 0) is 17.7 Å². The summed E-state index contributed by atoms with van der Waals surface area (Å²) in [6.45, 7) is 3.14. The lowest BCUT2D eigenvalue weighted by Crippen LogP contribution is -2.42. The van der Waals surface area contributed by atoms with E-state index in [4.69, 9.17) is 0 Å². The van der Waals surface area contributed by atoms with Gasteiger partial charge in [0.15, 0.2) is 0 Å². The molecule has 0 saturated carbocycles. The molecule has 0 amide bonds. The molecule has 2 rings (SSSR count). The number of nitrogens with one attached hydrogen (secondary N) is 2. The lowest BCUT2D eigenvalue weighted by Gasteiger charge is -2.24. The van der Waals surface area contributed by atoms with Crippen LogP contribution in [-0.2, 0) is 0 Å². The molecule has 0 aromatic carbocycles. The molecule has 1 aliphatic heterocycles. The molecular formula is C9H15Cl2N3. The molecule has 0 bridgehead atoms. The molecule has 1 saturated heterocycles. The van der Waals surface area contributed by atoms with Crippen molar-refractivity contribution < 1.29 is 0 Å². The first kappa shape index (κ1) is 13.7. The maximum Gasteiger partial charge on any atom is 0.0448 e. The molecule has 1 atom stereocenters. The monoisotopic (exact) mass is 235 g/mol. The molecule has 5 heteroatoms. The van der Waals surface area contributed by atoms with Crippen molar-refractivity contribution in [1.82, 2.24) is 15.6 Å². The first-order valence-electron chi connectivity index (χ1n) is 4.31. The second-order valence-electron chi connectivity index (χ2n) is 2.99. The van der Waals surface area contributed by atoms with Crippen LogP contribution in [0.4, 0.5) is 0 Å². The quantitative estimate of drug-likeness (QED) is 0.768. The van der Waals surface area contributed by atoms with Crippen LogP contribution in [0.3, 0.4) is 0 Å². The smallest absolute Gasteiger partial charge is 0.0448 e. The summed E-state index contributed by atoms with van der Waals surface area (Å²) in [5.74, 6) is 0. The lowest BCUT2D eigenvalue weighted by atomic mass is 10.1. The summed E-state index contributed by atoms with van der Waals surface area (Å²) in [7, 11) is 0. The van der Waals surface area contributed by atoms with Gasteiger partial charge in [-0.15, -0.1) is 24.8 Å². The van der Waals surface area contributed by atoms with Gasteiger partial charge in [-0.1, -0.05) is 0 Å². The number of nitrogens with zero attached hydrogens (tertiary/aromatic N) is 1. The highest BCUT2D eigenvalue weighted by Gasteiger charge is 2.12. The van der Waals surface area contributed by atoms with E-state index in [-0.39, 0.29) is 24.8 Å². The number of hydrogen-bond acceptors (Lipinski definition) is 3. The van der Waals surface area contributed by atoms with Crippen LogP contribution in [0.25, 0.3) is 0 Å². The van der Waals surface area contributed by atoms with E-state index in [2.05, 4.69) is 27.8 Å². The predicted molar refractivity (Wildman–Crippen MR) is 62.3 cm³/mol. The highest BCUT2D eigenvalue weighted by Crippen LogP contribution is 2.11. The van der Waals surface area contributed by atoms with Crippen LogP contribution in [0.1, 0.15) is 11.6 Å². The largest absolute Gasteiger partial charge is 0.314 e. The van der Waals surface area contributed by atoms with E-state index in [0.29, 0.717) is 6.04 Å². The zero-order chi connectivity index (χ0) is 8.23. The second kappa shape index (κ2) is 7.01. The average Bonchev–Trinajstić information content (AvgIpc) is 2.21. The van der Waals surface area contributed by atoms with Gasteiger partial charge in [-0.25, -0.2) is 0 Å². The third-order valence-corrected chi connectivity index (χ3v) is 2.15. The SMILES string of the molecule is Cl.Cl.c1cc(C2CNCCN2)ccn1. The third-order valence-electron chi connectivity index (χ3n) is 2.15. The first-order chi connectivity index (χ1) is 5.97. The van der Waals surface area contributed by atoms with Gasteiger partial charge in [0.25, 0.3) is 0 Å². The van der Waals surface area contributed by atoms with Gasteiger partial charge in [0, 0.05) is 38.1 Å². The van der Waals surface area contributed by atoms with Crippen molar-refractivity contribution in [1.29, 1.82) is 0 Å². The van der Waals surface area contributed by atoms with Crippen molar-refractivity contribution in [3.63, 3.8) is 0 Å². The Morgan fingerprint density at radius 3 is 2.43 bits per heavy atom. The van der Waals surface area contributed by atoms with Gasteiger partial charge in [-0.3, -0.25) is 4.98 Å². The average molecular weight is 236 g/mol. The van der Waals surface area contributed by atoms with Crippen LogP contribution in [0.15, 0.2) is 24.5 Å². The highest BCUT2D eigenvalue weighted by atomic mass is 35.5. The van der Waals surface area contributed by atoms with Crippen LogP contribution in [0, 0.1) is 0 Å². The number of rotatable bonds is 1. The normalized spacial score (nSPS) is 20.4. The molecule has 1 aromatic rings. The Morgan fingerprint density at radius 2 is 1.86 bits per heavy atom. The zero-order valence-corrected chi connectivity index (χ0v) is 9.40. The molecule has 0 aliphatic carbocycles. The van der Waals surface area contributed by atoms with Crippen molar-refractivity contribution in [3.8, 4) is 0 Å². The molecular weight excluding hydrogens is 221 g/mol. The minimum atomic E-state index is 0. The molecule has 0 spiro atoms. The summed E-state index contributed by atoms with van der Waals surface area (Å²) >= 11 is 0. The number of pyridine rings is 1. The van der Waals surface area contributed by atoms with Gasteiger partial charge in [-0.2, -0.15) is 0 Å². The van der Waals surface area contributed by atoms with E-state index in [9.17, 15) is 0 Å². The Kier molecular flexibility index (Phi) is 6.83. The minimum Gasteiger partial charge on any atom is -0.314 e. The van der Waals surface area contributed by atoms with E-state index in [1.54, 1.807) is 0 Å². The maximum absolute atomic E-state index is 3.99. The predicted octanol–water partition coefficient (Wildman–Crippen LogP) is 1.16. The Hall–Kier alpha value is -0.350. The molecule has 2 N–H and O–H groups in total. The Morgan fingerprint density at radius 1 is 1.14 bits per heavy atom. The van der Waals surface area contributed by atoms with E-state index in [0.717, 1.165) is 19.6 Å². The van der Waals surface area contributed by atoms with Crippen molar-refractivity contribution in [3.05, 3.63) is 30.1 Å². The molecule has 1 unspecified atom stereocenters. The third kappa shape index (κ3) is 3.42. The fourth-order valence-corrected chi connectivity index (χ4v) is 1.48. The summed E-state index contributed by atoms with van der Waals surface area (Å²) < 4.78 is 0. The summed E-state index contributed by atoms with van der Waals surface area (Å²) in [6.07, 6.45) is 3.68. The topological polar surface area (TPSA) is 37.0 Å². The van der Waals surface area contributed by atoms with E-state index in [1.807, 2.05) is 12.4 Å². The van der Waals surface area contributed by atoms with Crippen LogP contribution in [0.5, 0.6) is 0 Å². The minimum absolute atomic E-state index is 0.